The number of rotatable bonds is 7. The normalized spacial score (nSPS) is 13.1. The molecule has 166 valence electrons. The van der Waals surface area contributed by atoms with Gasteiger partial charge in [-0.2, -0.15) is 0 Å². The van der Waals surface area contributed by atoms with E-state index in [-0.39, 0.29) is 11.5 Å². The Bertz CT molecular complexity index is 1130. The number of carbonyl (C=O) groups is 1. The number of benzene rings is 2. The summed E-state index contributed by atoms with van der Waals surface area (Å²) in [6.45, 7) is 5.13. The van der Waals surface area contributed by atoms with Crippen LogP contribution in [0.3, 0.4) is 0 Å². The quantitative estimate of drug-likeness (QED) is 0.558. The predicted molar refractivity (Wildman–Crippen MR) is 127 cm³/mol. The van der Waals surface area contributed by atoms with Crippen LogP contribution in [0.15, 0.2) is 53.3 Å². The van der Waals surface area contributed by atoms with Gasteiger partial charge in [0, 0.05) is 24.9 Å². The summed E-state index contributed by atoms with van der Waals surface area (Å²) >= 11 is 0. The Morgan fingerprint density at radius 2 is 1.75 bits per heavy atom. The van der Waals surface area contributed by atoms with Gasteiger partial charge in [-0.05, 0) is 43.0 Å². The Morgan fingerprint density at radius 1 is 1.03 bits per heavy atom. The molecule has 0 atom stereocenters. The number of amides is 1. The summed E-state index contributed by atoms with van der Waals surface area (Å²) < 4.78 is 0. The lowest BCUT2D eigenvalue weighted by Gasteiger charge is -2.28. The number of aromatic amines is 1. The van der Waals surface area contributed by atoms with Gasteiger partial charge in [-0.25, -0.2) is 4.98 Å². The molecule has 1 amide bonds. The van der Waals surface area contributed by atoms with Gasteiger partial charge in [-0.1, -0.05) is 61.7 Å². The monoisotopic (exact) mass is 429 g/mol. The van der Waals surface area contributed by atoms with Crippen molar-refractivity contribution in [2.75, 3.05) is 6.54 Å². The van der Waals surface area contributed by atoms with E-state index in [0.717, 1.165) is 17.7 Å². The van der Waals surface area contributed by atoms with E-state index < -0.39 is 0 Å². The molecule has 3 aromatic rings. The summed E-state index contributed by atoms with van der Waals surface area (Å²) in [5, 5.41) is 0. The lowest BCUT2D eigenvalue weighted by molar-refractivity contribution is 0.0732. The highest BCUT2D eigenvalue weighted by molar-refractivity contribution is 5.94. The van der Waals surface area contributed by atoms with Crippen LogP contribution in [0, 0.1) is 6.92 Å². The summed E-state index contributed by atoms with van der Waals surface area (Å²) in [5.74, 6) is 0.648. The fourth-order valence-corrected chi connectivity index (χ4v) is 4.21. The van der Waals surface area contributed by atoms with Gasteiger partial charge in [0.1, 0.15) is 5.82 Å². The highest BCUT2D eigenvalue weighted by Crippen LogP contribution is 2.18. The molecule has 0 unspecified atom stereocenters. The van der Waals surface area contributed by atoms with Crippen LogP contribution in [0.25, 0.3) is 0 Å². The van der Waals surface area contributed by atoms with E-state index in [1.54, 1.807) is 4.90 Å². The zero-order valence-corrected chi connectivity index (χ0v) is 19.0. The zero-order valence-electron chi connectivity index (χ0n) is 19.0. The summed E-state index contributed by atoms with van der Waals surface area (Å²) in [5.41, 5.74) is 5.54. The standard InChI is InChI=1S/C27H31N3O2/c1-3-4-5-6-20-11-13-22(14-12-20)27(32)30-16-15-24-23(18-30)26(31)29-25(28-24)17-21-9-7-19(2)8-10-21/h7-14H,3-6,15-18H2,1-2H3,(H,28,29,31). The number of hydrogen-bond acceptors (Lipinski definition) is 3. The molecule has 0 spiro atoms. The van der Waals surface area contributed by atoms with Gasteiger partial charge in [0.05, 0.1) is 17.8 Å². The second kappa shape index (κ2) is 9.94. The Hall–Kier alpha value is -3.21. The van der Waals surface area contributed by atoms with Crippen molar-refractivity contribution in [2.24, 2.45) is 0 Å². The summed E-state index contributed by atoms with van der Waals surface area (Å²) in [7, 11) is 0. The molecule has 1 N–H and O–H groups in total. The fraction of sp³-hybridized carbons (Fsp3) is 0.370. The molecule has 4 rings (SSSR count). The molecule has 5 nitrogen and oxygen atoms in total. The molecular weight excluding hydrogens is 398 g/mol. The van der Waals surface area contributed by atoms with Crippen molar-refractivity contribution in [3.63, 3.8) is 0 Å². The third-order valence-corrected chi connectivity index (χ3v) is 6.17. The highest BCUT2D eigenvalue weighted by atomic mass is 16.2. The molecule has 0 aliphatic carbocycles. The van der Waals surface area contributed by atoms with Crippen LogP contribution in [0.4, 0.5) is 0 Å². The van der Waals surface area contributed by atoms with E-state index in [9.17, 15) is 9.59 Å². The van der Waals surface area contributed by atoms with Crippen LogP contribution in [0.5, 0.6) is 0 Å². The maximum absolute atomic E-state index is 13.0. The van der Waals surface area contributed by atoms with Crippen LogP contribution in [-0.2, 0) is 25.8 Å². The molecule has 1 aromatic heterocycles. The van der Waals surface area contributed by atoms with Crippen molar-refractivity contribution in [3.05, 3.63) is 98.2 Å². The smallest absolute Gasteiger partial charge is 0.256 e. The number of H-pyrrole nitrogens is 1. The summed E-state index contributed by atoms with van der Waals surface area (Å²) in [6, 6.07) is 16.2. The summed E-state index contributed by atoms with van der Waals surface area (Å²) in [4.78, 5) is 35.2. The van der Waals surface area contributed by atoms with Gasteiger partial charge in [-0.3, -0.25) is 9.59 Å². The first-order chi connectivity index (χ1) is 15.5. The zero-order chi connectivity index (χ0) is 22.5. The Kier molecular flexibility index (Phi) is 6.84. The molecule has 5 heteroatoms. The largest absolute Gasteiger partial charge is 0.334 e. The SMILES string of the molecule is CCCCCc1ccc(C(=O)N2CCc3nc(Cc4ccc(C)cc4)[nH]c(=O)c3C2)cc1. The van der Waals surface area contributed by atoms with Gasteiger partial charge in [-0.15, -0.1) is 0 Å². The molecule has 2 heterocycles. The lowest BCUT2D eigenvalue weighted by atomic mass is 10.0. The summed E-state index contributed by atoms with van der Waals surface area (Å²) in [6.07, 6.45) is 5.84. The maximum atomic E-state index is 13.0. The minimum Gasteiger partial charge on any atom is -0.334 e. The van der Waals surface area contributed by atoms with Crippen LogP contribution < -0.4 is 5.56 Å². The molecule has 0 bridgehead atoms. The van der Waals surface area contributed by atoms with Crippen molar-refractivity contribution in [1.29, 1.82) is 0 Å². The average Bonchev–Trinajstić information content (AvgIpc) is 2.81. The molecule has 2 aromatic carbocycles. The Balaban J connectivity index is 1.44. The Morgan fingerprint density at radius 3 is 2.47 bits per heavy atom. The maximum Gasteiger partial charge on any atom is 0.256 e. The van der Waals surface area contributed by atoms with Crippen molar-refractivity contribution >= 4 is 5.91 Å². The van der Waals surface area contributed by atoms with Gasteiger partial charge >= 0.3 is 0 Å². The van der Waals surface area contributed by atoms with Gasteiger partial charge in [0.15, 0.2) is 0 Å². The number of carbonyl (C=O) groups excluding carboxylic acids is 1. The number of aromatic nitrogens is 2. The van der Waals surface area contributed by atoms with Gasteiger partial charge in [0.2, 0.25) is 0 Å². The second-order valence-electron chi connectivity index (χ2n) is 8.73. The van der Waals surface area contributed by atoms with Crippen molar-refractivity contribution in [1.82, 2.24) is 14.9 Å². The van der Waals surface area contributed by atoms with Crippen LogP contribution in [-0.4, -0.2) is 27.3 Å². The van der Waals surface area contributed by atoms with Crippen molar-refractivity contribution < 1.29 is 4.79 Å². The number of unbranched alkanes of at least 4 members (excludes halogenated alkanes) is 2. The van der Waals surface area contributed by atoms with E-state index >= 15 is 0 Å². The molecule has 1 aliphatic rings. The number of nitrogens with zero attached hydrogens (tertiary/aromatic N) is 2. The molecule has 0 radical (unpaired) electrons. The first-order valence-electron chi connectivity index (χ1n) is 11.6. The van der Waals surface area contributed by atoms with Gasteiger partial charge < -0.3 is 9.88 Å². The highest BCUT2D eigenvalue weighted by Gasteiger charge is 2.25. The molecule has 0 fully saturated rings. The Labute approximate surface area is 189 Å². The minimum atomic E-state index is -0.138. The molecule has 1 aliphatic heterocycles. The van der Waals surface area contributed by atoms with E-state index in [1.165, 1.54) is 30.4 Å². The first kappa shape index (κ1) is 22.0. The van der Waals surface area contributed by atoms with E-state index in [4.69, 9.17) is 4.98 Å². The first-order valence-corrected chi connectivity index (χ1v) is 11.6. The number of nitrogens with one attached hydrogen (secondary N) is 1. The van der Waals surface area contributed by atoms with Crippen LogP contribution in [0.1, 0.15) is 70.3 Å². The third kappa shape index (κ3) is 5.16. The minimum absolute atomic E-state index is 0.0288. The second-order valence-corrected chi connectivity index (χ2v) is 8.73. The number of aryl methyl sites for hydroxylation is 2. The topological polar surface area (TPSA) is 66.1 Å². The number of hydrogen-bond donors (Lipinski definition) is 1. The van der Waals surface area contributed by atoms with Crippen LogP contribution >= 0.6 is 0 Å². The van der Waals surface area contributed by atoms with E-state index in [2.05, 4.69) is 43.1 Å². The molecule has 0 saturated heterocycles. The van der Waals surface area contributed by atoms with E-state index in [0.29, 0.717) is 42.9 Å². The van der Waals surface area contributed by atoms with Crippen LogP contribution in [0.2, 0.25) is 0 Å². The van der Waals surface area contributed by atoms with Gasteiger partial charge in [0.25, 0.3) is 11.5 Å². The molecule has 0 saturated carbocycles. The molecule has 32 heavy (non-hydrogen) atoms. The van der Waals surface area contributed by atoms with E-state index in [1.807, 2.05) is 24.3 Å². The lowest BCUT2D eigenvalue weighted by Crippen LogP contribution is -2.39. The van der Waals surface area contributed by atoms with Crippen molar-refractivity contribution in [2.45, 2.75) is 58.9 Å². The third-order valence-electron chi connectivity index (χ3n) is 6.17. The van der Waals surface area contributed by atoms with Crippen molar-refractivity contribution in [3.8, 4) is 0 Å². The average molecular weight is 430 g/mol. The fourth-order valence-electron chi connectivity index (χ4n) is 4.21. The predicted octanol–water partition coefficient (Wildman–Crippen LogP) is 4.60. The molecular formula is C27H31N3O2. The number of fused-ring (bicyclic) bond motifs is 1.